The highest BCUT2D eigenvalue weighted by atomic mass is 127. The largest absolute Gasteiger partial charge is 0.354 e. The number of nitrogens with one attached hydrogen (secondary N) is 2. The molecule has 1 fully saturated rings. The molecule has 0 spiro atoms. The molecule has 26 heavy (non-hydrogen) atoms. The minimum Gasteiger partial charge on any atom is -0.354 e. The van der Waals surface area contributed by atoms with Crippen molar-refractivity contribution < 1.29 is 4.79 Å². The molecule has 144 valence electrons. The second-order valence-electron chi connectivity index (χ2n) is 7.06. The first-order valence-corrected chi connectivity index (χ1v) is 9.60. The number of guanidine groups is 1. The van der Waals surface area contributed by atoms with Gasteiger partial charge in [0.25, 0.3) is 0 Å². The van der Waals surface area contributed by atoms with Crippen molar-refractivity contribution >= 4 is 41.5 Å². The van der Waals surface area contributed by atoms with Crippen LogP contribution < -0.4 is 15.5 Å². The molecule has 1 amide bonds. The van der Waals surface area contributed by atoms with Crippen molar-refractivity contribution in [3.63, 3.8) is 0 Å². The molecule has 0 aromatic heterocycles. The summed E-state index contributed by atoms with van der Waals surface area (Å²) in [5.41, 5.74) is 2.60. The maximum Gasteiger partial charge on any atom is 0.220 e. The maximum atomic E-state index is 12.1. The Morgan fingerprint density at radius 1 is 1.15 bits per heavy atom. The van der Waals surface area contributed by atoms with Gasteiger partial charge in [-0.2, -0.15) is 0 Å². The molecule has 1 heterocycles. The van der Waals surface area contributed by atoms with E-state index in [4.69, 9.17) is 0 Å². The SMILES string of the molecule is CN=C(NCCNC(=O)CC1CCCCC1)N1CCc2ccccc21.I. The molecule has 1 aliphatic carbocycles. The molecule has 1 aromatic carbocycles. The monoisotopic (exact) mass is 470 g/mol. The third kappa shape index (κ3) is 5.59. The van der Waals surface area contributed by atoms with Crippen LogP contribution in [-0.4, -0.2) is 38.5 Å². The maximum absolute atomic E-state index is 12.1. The third-order valence-electron chi connectivity index (χ3n) is 5.28. The molecule has 2 aliphatic rings. The van der Waals surface area contributed by atoms with Crippen LogP contribution in [0.4, 0.5) is 5.69 Å². The van der Waals surface area contributed by atoms with Gasteiger partial charge in [-0.05, 0) is 36.8 Å². The summed E-state index contributed by atoms with van der Waals surface area (Å²) in [6.45, 7) is 2.29. The summed E-state index contributed by atoms with van der Waals surface area (Å²) in [7, 11) is 1.81. The third-order valence-corrected chi connectivity index (χ3v) is 5.28. The molecule has 5 nitrogen and oxygen atoms in total. The Morgan fingerprint density at radius 2 is 1.88 bits per heavy atom. The van der Waals surface area contributed by atoms with E-state index in [0.717, 1.165) is 18.9 Å². The van der Waals surface area contributed by atoms with Crippen LogP contribution in [0.25, 0.3) is 0 Å². The zero-order chi connectivity index (χ0) is 17.5. The predicted molar refractivity (Wildman–Crippen MR) is 118 cm³/mol. The number of hydrogen-bond donors (Lipinski definition) is 2. The zero-order valence-electron chi connectivity index (χ0n) is 15.7. The fourth-order valence-electron chi connectivity index (χ4n) is 3.96. The van der Waals surface area contributed by atoms with Crippen molar-refractivity contribution in [3.05, 3.63) is 29.8 Å². The van der Waals surface area contributed by atoms with Gasteiger partial charge in [0.15, 0.2) is 5.96 Å². The van der Waals surface area contributed by atoms with Crippen molar-refractivity contribution in [2.45, 2.75) is 44.9 Å². The molecule has 0 saturated heterocycles. The minimum atomic E-state index is 0. The van der Waals surface area contributed by atoms with E-state index in [1.54, 1.807) is 0 Å². The van der Waals surface area contributed by atoms with E-state index in [9.17, 15) is 4.79 Å². The average Bonchev–Trinajstić information content (AvgIpc) is 3.07. The minimum absolute atomic E-state index is 0. The molecule has 1 aromatic rings. The fourth-order valence-corrected chi connectivity index (χ4v) is 3.96. The van der Waals surface area contributed by atoms with Crippen molar-refractivity contribution in [2.75, 3.05) is 31.6 Å². The Balaban J connectivity index is 0.00000243. The quantitative estimate of drug-likeness (QED) is 0.301. The summed E-state index contributed by atoms with van der Waals surface area (Å²) >= 11 is 0. The molecule has 0 radical (unpaired) electrons. The van der Waals surface area contributed by atoms with Gasteiger partial charge in [-0.15, -0.1) is 24.0 Å². The highest BCUT2D eigenvalue weighted by Crippen LogP contribution is 2.27. The van der Waals surface area contributed by atoms with Crippen molar-refractivity contribution in [3.8, 4) is 0 Å². The molecule has 1 saturated carbocycles. The van der Waals surface area contributed by atoms with Gasteiger partial charge >= 0.3 is 0 Å². The van der Waals surface area contributed by atoms with Crippen LogP contribution >= 0.6 is 24.0 Å². The number of rotatable bonds is 5. The first kappa shape index (κ1) is 21.0. The predicted octanol–water partition coefficient (Wildman–Crippen LogP) is 3.33. The Kier molecular flexibility index (Phi) is 8.68. The van der Waals surface area contributed by atoms with E-state index < -0.39 is 0 Å². The number of anilines is 1. The number of halogens is 1. The van der Waals surface area contributed by atoms with Gasteiger partial charge in [0.1, 0.15) is 0 Å². The number of hydrogen-bond acceptors (Lipinski definition) is 2. The van der Waals surface area contributed by atoms with Crippen LogP contribution in [0.2, 0.25) is 0 Å². The normalized spacial score (nSPS) is 17.4. The molecular formula is C20H31IN4O. The number of aliphatic imine (C=N–C) groups is 1. The lowest BCUT2D eigenvalue weighted by atomic mass is 9.87. The van der Waals surface area contributed by atoms with Crippen molar-refractivity contribution in [1.29, 1.82) is 0 Å². The van der Waals surface area contributed by atoms with Gasteiger partial charge < -0.3 is 15.5 Å². The molecular weight excluding hydrogens is 439 g/mol. The first-order valence-electron chi connectivity index (χ1n) is 9.60. The Morgan fingerprint density at radius 3 is 2.65 bits per heavy atom. The average molecular weight is 470 g/mol. The molecule has 0 bridgehead atoms. The Hall–Kier alpha value is -1.31. The van der Waals surface area contributed by atoms with Gasteiger partial charge in [0.2, 0.25) is 5.91 Å². The summed E-state index contributed by atoms with van der Waals surface area (Å²) in [5, 5.41) is 6.42. The number of carbonyl (C=O) groups is 1. The molecule has 2 N–H and O–H groups in total. The van der Waals surface area contributed by atoms with E-state index in [-0.39, 0.29) is 29.9 Å². The Labute approximate surface area is 174 Å². The number of fused-ring (bicyclic) bond motifs is 1. The van der Waals surface area contributed by atoms with Crippen LogP contribution in [0, 0.1) is 5.92 Å². The second kappa shape index (κ2) is 10.7. The van der Waals surface area contributed by atoms with Gasteiger partial charge in [-0.25, -0.2) is 0 Å². The second-order valence-corrected chi connectivity index (χ2v) is 7.06. The van der Waals surface area contributed by atoms with Crippen molar-refractivity contribution in [1.82, 2.24) is 10.6 Å². The van der Waals surface area contributed by atoms with Gasteiger partial charge in [0, 0.05) is 38.8 Å². The van der Waals surface area contributed by atoms with Crippen LogP contribution in [0.1, 0.15) is 44.1 Å². The molecule has 3 rings (SSSR count). The van der Waals surface area contributed by atoms with Crippen LogP contribution in [0.3, 0.4) is 0 Å². The summed E-state index contributed by atoms with van der Waals surface area (Å²) in [6.07, 6.45) is 8.07. The number of amides is 1. The molecule has 6 heteroatoms. The lowest BCUT2D eigenvalue weighted by Crippen LogP contribution is -2.43. The zero-order valence-corrected chi connectivity index (χ0v) is 18.0. The van der Waals surface area contributed by atoms with E-state index >= 15 is 0 Å². The number of benzene rings is 1. The topological polar surface area (TPSA) is 56.7 Å². The first-order chi connectivity index (χ1) is 12.3. The highest BCUT2D eigenvalue weighted by molar-refractivity contribution is 14.0. The summed E-state index contributed by atoms with van der Waals surface area (Å²) in [4.78, 5) is 18.7. The number of nitrogens with zero attached hydrogens (tertiary/aromatic N) is 2. The van der Waals surface area contributed by atoms with Crippen LogP contribution in [-0.2, 0) is 11.2 Å². The fraction of sp³-hybridized carbons (Fsp3) is 0.600. The lowest BCUT2D eigenvalue weighted by Gasteiger charge is -2.23. The summed E-state index contributed by atoms with van der Waals surface area (Å²) in [5.74, 6) is 1.66. The molecule has 0 unspecified atom stereocenters. The molecule has 1 aliphatic heterocycles. The smallest absolute Gasteiger partial charge is 0.220 e. The summed E-state index contributed by atoms with van der Waals surface area (Å²) in [6, 6.07) is 8.46. The van der Waals surface area contributed by atoms with Crippen molar-refractivity contribution in [2.24, 2.45) is 10.9 Å². The highest BCUT2D eigenvalue weighted by Gasteiger charge is 2.22. The van der Waals surface area contributed by atoms with Crippen LogP contribution in [0.5, 0.6) is 0 Å². The van der Waals surface area contributed by atoms with Gasteiger partial charge in [-0.1, -0.05) is 37.5 Å². The number of carbonyl (C=O) groups excluding carboxylic acids is 1. The Bertz CT molecular complexity index is 614. The van der Waals surface area contributed by atoms with Gasteiger partial charge in [-0.3, -0.25) is 9.79 Å². The van der Waals surface area contributed by atoms with Gasteiger partial charge in [0.05, 0.1) is 0 Å². The van der Waals surface area contributed by atoms with Crippen LogP contribution in [0.15, 0.2) is 29.3 Å². The standard InChI is InChI=1S/C20H30N4O.HI/c1-21-20(24-14-11-17-9-5-6-10-18(17)24)23-13-12-22-19(25)15-16-7-3-2-4-8-16;/h5-6,9-10,16H,2-4,7-8,11-15H2,1H3,(H,21,23)(H,22,25);1H. The lowest BCUT2D eigenvalue weighted by molar-refractivity contribution is -0.122. The summed E-state index contributed by atoms with van der Waals surface area (Å²) < 4.78 is 0. The van der Waals surface area contributed by atoms with E-state index in [0.29, 0.717) is 25.4 Å². The molecule has 0 atom stereocenters. The number of para-hydroxylation sites is 1. The van der Waals surface area contributed by atoms with E-state index in [1.165, 1.54) is 43.4 Å². The van der Waals surface area contributed by atoms with E-state index in [1.807, 2.05) is 7.05 Å². The van der Waals surface area contributed by atoms with E-state index in [2.05, 4.69) is 44.8 Å².